The molecule has 1 aliphatic rings. The maximum atomic E-state index is 5.56. The van der Waals surface area contributed by atoms with Crippen molar-refractivity contribution < 1.29 is 9.47 Å². The van der Waals surface area contributed by atoms with Crippen LogP contribution in [0.15, 0.2) is 0 Å². The largest absolute Gasteiger partial charge is 0.379 e. The van der Waals surface area contributed by atoms with E-state index in [0.29, 0.717) is 18.6 Å². The molecule has 1 saturated heterocycles. The third-order valence-electron chi connectivity index (χ3n) is 2.31. The fourth-order valence-electron chi connectivity index (χ4n) is 1.63. The van der Waals surface area contributed by atoms with Crippen molar-refractivity contribution in [1.82, 2.24) is 4.90 Å². The molecule has 1 rings (SSSR count). The van der Waals surface area contributed by atoms with E-state index in [4.69, 9.17) is 21.1 Å². The summed E-state index contributed by atoms with van der Waals surface area (Å²) < 4.78 is 10.9. The Labute approximate surface area is 91.3 Å². The average Bonchev–Trinajstić information content (AvgIpc) is 2.38. The first-order chi connectivity index (χ1) is 6.83. The summed E-state index contributed by atoms with van der Waals surface area (Å²) in [5.74, 6) is 0.583. The van der Waals surface area contributed by atoms with Crippen molar-refractivity contribution in [3.63, 3.8) is 0 Å². The van der Waals surface area contributed by atoms with Crippen LogP contribution in [0.4, 0.5) is 0 Å². The van der Waals surface area contributed by atoms with E-state index in [0.717, 1.165) is 39.3 Å². The summed E-state index contributed by atoms with van der Waals surface area (Å²) in [5.41, 5.74) is 0. The topological polar surface area (TPSA) is 21.7 Å². The Balaban J connectivity index is 2.09. The Morgan fingerprint density at radius 1 is 1.50 bits per heavy atom. The van der Waals surface area contributed by atoms with Gasteiger partial charge in [0.25, 0.3) is 0 Å². The molecule has 1 unspecified atom stereocenters. The van der Waals surface area contributed by atoms with Crippen LogP contribution < -0.4 is 0 Å². The molecule has 0 N–H and O–H groups in total. The summed E-state index contributed by atoms with van der Waals surface area (Å²) in [6, 6.07) is 0. The number of alkyl halides is 1. The third kappa shape index (κ3) is 5.15. The summed E-state index contributed by atoms with van der Waals surface area (Å²) >= 11 is 5.51. The van der Waals surface area contributed by atoms with Crippen molar-refractivity contribution in [2.45, 2.75) is 19.4 Å². The highest BCUT2D eigenvalue weighted by Gasteiger charge is 2.13. The van der Waals surface area contributed by atoms with E-state index in [1.54, 1.807) is 0 Å². The minimum Gasteiger partial charge on any atom is -0.379 e. The zero-order valence-corrected chi connectivity index (χ0v) is 9.63. The van der Waals surface area contributed by atoms with Gasteiger partial charge >= 0.3 is 0 Å². The van der Waals surface area contributed by atoms with Gasteiger partial charge in [-0.2, -0.15) is 0 Å². The number of nitrogens with zero attached hydrogens (tertiary/aromatic N) is 1. The van der Waals surface area contributed by atoms with Crippen LogP contribution in [0.3, 0.4) is 0 Å². The molecular weight excluding hydrogens is 202 g/mol. The van der Waals surface area contributed by atoms with Crippen molar-refractivity contribution in [2.75, 3.05) is 45.3 Å². The van der Waals surface area contributed by atoms with Gasteiger partial charge in [0.15, 0.2) is 0 Å². The molecule has 1 fully saturated rings. The fraction of sp³-hybridized carbons (Fsp3) is 1.00. The molecular formula is C10H20ClNO2. The first kappa shape index (κ1) is 12.2. The second-order valence-electron chi connectivity index (χ2n) is 3.64. The SMILES string of the molecule is CC1CN(CCOCCCl)CCCO1. The molecule has 1 aliphatic heterocycles. The smallest absolute Gasteiger partial charge is 0.0673 e. The predicted octanol–water partition coefficient (Wildman–Crippen LogP) is 1.35. The van der Waals surface area contributed by atoms with Crippen LogP contribution in [-0.4, -0.2) is 56.3 Å². The van der Waals surface area contributed by atoms with E-state index >= 15 is 0 Å². The molecule has 4 heteroatoms. The molecule has 0 aromatic heterocycles. The monoisotopic (exact) mass is 221 g/mol. The molecule has 14 heavy (non-hydrogen) atoms. The molecule has 0 saturated carbocycles. The average molecular weight is 222 g/mol. The number of hydrogen-bond donors (Lipinski definition) is 0. The van der Waals surface area contributed by atoms with Crippen molar-refractivity contribution in [3.05, 3.63) is 0 Å². The lowest BCUT2D eigenvalue weighted by Crippen LogP contribution is -2.33. The zero-order chi connectivity index (χ0) is 10.2. The van der Waals surface area contributed by atoms with E-state index < -0.39 is 0 Å². The minimum atomic E-state index is 0.352. The molecule has 0 radical (unpaired) electrons. The molecule has 1 atom stereocenters. The molecule has 3 nitrogen and oxygen atoms in total. The maximum Gasteiger partial charge on any atom is 0.0673 e. The van der Waals surface area contributed by atoms with E-state index in [-0.39, 0.29) is 0 Å². The third-order valence-corrected chi connectivity index (χ3v) is 2.46. The summed E-state index contributed by atoms with van der Waals surface area (Å²) in [4.78, 5) is 2.39. The van der Waals surface area contributed by atoms with Gasteiger partial charge in [0, 0.05) is 32.1 Å². The van der Waals surface area contributed by atoms with E-state index in [2.05, 4.69) is 11.8 Å². The highest BCUT2D eigenvalue weighted by Crippen LogP contribution is 2.04. The molecule has 0 aliphatic carbocycles. The maximum absolute atomic E-state index is 5.56. The zero-order valence-electron chi connectivity index (χ0n) is 8.88. The first-order valence-corrected chi connectivity index (χ1v) is 5.84. The Morgan fingerprint density at radius 3 is 3.14 bits per heavy atom. The predicted molar refractivity (Wildman–Crippen MR) is 58.0 cm³/mol. The van der Waals surface area contributed by atoms with Gasteiger partial charge in [-0.3, -0.25) is 4.90 Å². The Morgan fingerprint density at radius 2 is 2.36 bits per heavy atom. The highest BCUT2D eigenvalue weighted by atomic mass is 35.5. The van der Waals surface area contributed by atoms with Crippen molar-refractivity contribution in [3.8, 4) is 0 Å². The summed E-state index contributed by atoms with van der Waals surface area (Å²) in [6.45, 7) is 7.57. The number of ether oxygens (including phenoxy) is 2. The standard InChI is InChI=1S/C10H20ClNO2/c1-10-9-12(4-2-6-14-10)5-8-13-7-3-11/h10H,2-9H2,1H3. The van der Waals surface area contributed by atoms with Gasteiger partial charge in [0.1, 0.15) is 0 Å². The van der Waals surface area contributed by atoms with Crippen molar-refractivity contribution in [1.29, 1.82) is 0 Å². The lowest BCUT2D eigenvalue weighted by atomic mass is 10.3. The van der Waals surface area contributed by atoms with Crippen LogP contribution in [0.25, 0.3) is 0 Å². The van der Waals surface area contributed by atoms with E-state index in [9.17, 15) is 0 Å². The van der Waals surface area contributed by atoms with Crippen LogP contribution >= 0.6 is 11.6 Å². The lowest BCUT2D eigenvalue weighted by molar-refractivity contribution is 0.0600. The second-order valence-corrected chi connectivity index (χ2v) is 4.01. The molecule has 1 heterocycles. The summed E-state index contributed by atoms with van der Waals surface area (Å²) in [6.07, 6.45) is 1.48. The molecule has 0 amide bonds. The summed E-state index contributed by atoms with van der Waals surface area (Å²) in [5, 5.41) is 0. The molecule has 84 valence electrons. The first-order valence-electron chi connectivity index (χ1n) is 5.30. The van der Waals surface area contributed by atoms with Crippen LogP contribution in [-0.2, 0) is 9.47 Å². The Bertz CT molecular complexity index is 146. The summed E-state index contributed by atoms with van der Waals surface area (Å²) in [7, 11) is 0. The molecule has 0 bridgehead atoms. The normalized spacial score (nSPS) is 24.9. The number of hydrogen-bond acceptors (Lipinski definition) is 3. The fourth-order valence-corrected chi connectivity index (χ4v) is 1.74. The van der Waals surface area contributed by atoms with Gasteiger partial charge in [-0.15, -0.1) is 11.6 Å². The van der Waals surface area contributed by atoms with E-state index in [1.165, 1.54) is 0 Å². The highest BCUT2D eigenvalue weighted by molar-refractivity contribution is 6.17. The number of rotatable bonds is 5. The van der Waals surface area contributed by atoms with Gasteiger partial charge in [0.2, 0.25) is 0 Å². The van der Waals surface area contributed by atoms with Crippen LogP contribution in [0.1, 0.15) is 13.3 Å². The van der Waals surface area contributed by atoms with Crippen molar-refractivity contribution in [2.24, 2.45) is 0 Å². The molecule has 0 spiro atoms. The molecule has 0 aromatic carbocycles. The van der Waals surface area contributed by atoms with Crippen LogP contribution in [0, 0.1) is 0 Å². The quantitative estimate of drug-likeness (QED) is 0.517. The Hall–Kier alpha value is 0.170. The second kappa shape index (κ2) is 7.46. The van der Waals surface area contributed by atoms with Gasteiger partial charge in [-0.1, -0.05) is 0 Å². The van der Waals surface area contributed by atoms with Gasteiger partial charge < -0.3 is 9.47 Å². The van der Waals surface area contributed by atoms with Gasteiger partial charge in [-0.25, -0.2) is 0 Å². The number of halogens is 1. The van der Waals surface area contributed by atoms with Crippen molar-refractivity contribution >= 4 is 11.6 Å². The minimum absolute atomic E-state index is 0.352. The lowest BCUT2D eigenvalue weighted by Gasteiger charge is -2.21. The Kier molecular flexibility index (Phi) is 6.52. The van der Waals surface area contributed by atoms with E-state index in [1.807, 2.05) is 0 Å². The molecule has 0 aromatic rings. The van der Waals surface area contributed by atoms with Gasteiger partial charge in [0.05, 0.1) is 19.3 Å². The van der Waals surface area contributed by atoms with Crippen LogP contribution in [0.2, 0.25) is 0 Å². The van der Waals surface area contributed by atoms with Gasteiger partial charge in [-0.05, 0) is 13.3 Å². The van der Waals surface area contributed by atoms with Crippen LogP contribution in [0.5, 0.6) is 0 Å².